The molecule has 1 heterocycles. The Kier molecular flexibility index (Phi) is 1.78. The monoisotopic (exact) mass is 176 g/mol. The average molecular weight is 176 g/mol. The summed E-state index contributed by atoms with van der Waals surface area (Å²) in [6, 6.07) is 0. The number of sulfone groups is 1. The van der Waals surface area contributed by atoms with Crippen LogP contribution in [0.25, 0.3) is 0 Å². The van der Waals surface area contributed by atoms with Crippen molar-refractivity contribution in [1.29, 1.82) is 0 Å². The summed E-state index contributed by atoms with van der Waals surface area (Å²) in [4.78, 5) is 3.70. The van der Waals surface area contributed by atoms with Crippen LogP contribution in [-0.4, -0.2) is 19.7 Å². The Morgan fingerprint density at radius 3 is 2.50 bits per heavy atom. The first-order chi connectivity index (χ1) is 4.50. The molecule has 0 aliphatic carbocycles. The predicted octanol–water partition coefficient (Wildman–Crippen LogP) is 0.729. The van der Waals surface area contributed by atoms with E-state index in [2.05, 4.69) is 11.9 Å². The minimum Gasteiger partial charge on any atom is -0.230 e. The maximum atomic E-state index is 10.8. The van der Waals surface area contributed by atoms with E-state index in [1.807, 2.05) is 0 Å². The molecule has 1 radical (unpaired) electrons. The molecule has 1 aromatic heterocycles. The molecule has 10 heavy (non-hydrogen) atoms. The zero-order chi connectivity index (χ0) is 7.78. The molecule has 0 bridgehead atoms. The Hall–Kier alpha value is -0.420. The zero-order valence-electron chi connectivity index (χ0n) is 5.36. The van der Waals surface area contributed by atoms with Crippen LogP contribution in [-0.2, 0) is 9.84 Å². The maximum absolute atomic E-state index is 10.8. The summed E-state index contributed by atoms with van der Waals surface area (Å²) in [7, 11) is -3.11. The van der Waals surface area contributed by atoms with Crippen LogP contribution in [0.2, 0.25) is 0 Å². The van der Waals surface area contributed by atoms with Gasteiger partial charge in [0.1, 0.15) is 0 Å². The quantitative estimate of drug-likeness (QED) is 0.633. The van der Waals surface area contributed by atoms with Crippen LogP contribution < -0.4 is 0 Å². The summed E-state index contributed by atoms with van der Waals surface area (Å²) in [6.45, 7) is 3.49. The number of hydrogen-bond donors (Lipinski definition) is 0. The highest BCUT2D eigenvalue weighted by Crippen LogP contribution is 2.13. The third-order valence-electron chi connectivity index (χ3n) is 0.848. The standard InChI is InChI=1S/C5H6NO2S2/c1-4-3-9-5(6-4)10(2,7)8/h3H,1H2,2H3. The average Bonchev–Trinajstić information content (AvgIpc) is 2.11. The first-order valence-electron chi connectivity index (χ1n) is 2.47. The summed E-state index contributed by atoms with van der Waals surface area (Å²) >= 11 is 1.09. The lowest BCUT2D eigenvalue weighted by Gasteiger charge is -1.85. The topological polar surface area (TPSA) is 47.0 Å². The number of thiazole rings is 1. The van der Waals surface area contributed by atoms with Gasteiger partial charge in [-0.3, -0.25) is 0 Å². The molecule has 0 spiro atoms. The van der Waals surface area contributed by atoms with Crippen molar-refractivity contribution in [3.05, 3.63) is 18.0 Å². The molecule has 0 saturated heterocycles. The van der Waals surface area contributed by atoms with E-state index in [4.69, 9.17) is 0 Å². The van der Waals surface area contributed by atoms with Gasteiger partial charge in [0.15, 0.2) is 0 Å². The van der Waals surface area contributed by atoms with Crippen LogP contribution in [0.5, 0.6) is 0 Å². The molecule has 0 aromatic carbocycles. The summed E-state index contributed by atoms with van der Waals surface area (Å²) in [5, 5.41) is 1.61. The van der Waals surface area contributed by atoms with Gasteiger partial charge in [0.2, 0.25) is 14.2 Å². The molecule has 0 atom stereocenters. The number of nitrogens with zero attached hydrogens (tertiary/aromatic N) is 1. The Labute approximate surface area is 63.6 Å². The molecule has 0 amide bonds. The fourth-order valence-electron chi connectivity index (χ4n) is 0.459. The van der Waals surface area contributed by atoms with Gasteiger partial charge in [-0.1, -0.05) is 0 Å². The first-order valence-corrected chi connectivity index (χ1v) is 5.25. The number of rotatable bonds is 1. The lowest BCUT2D eigenvalue weighted by Crippen LogP contribution is -1.95. The lowest BCUT2D eigenvalue weighted by molar-refractivity contribution is 0.601. The molecule has 0 N–H and O–H groups in total. The smallest absolute Gasteiger partial charge is 0.209 e. The normalized spacial score (nSPS) is 11.8. The van der Waals surface area contributed by atoms with E-state index in [1.54, 1.807) is 5.38 Å². The predicted molar refractivity (Wildman–Crippen MR) is 39.7 cm³/mol. The van der Waals surface area contributed by atoms with Gasteiger partial charge in [-0.25, -0.2) is 13.4 Å². The Morgan fingerprint density at radius 1 is 1.70 bits per heavy atom. The molecule has 1 aromatic rings. The van der Waals surface area contributed by atoms with Crippen LogP contribution in [0, 0.1) is 6.92 Å². The molecule has 1 rings (SSSR count). The minimum atomic E-state index is -3.11. The minimum absolute atomic E-state index is 0.137. The molecule has 5 heteroatoms. The first kappa shape index (κ1) is 7.68. The molecular weight excluding hydrogens is 170 g/mol. The second kappa shape index (κ2) is 2.32. The van der Waals surface area contributed by atoms with Crippen LogP contribution in [0.15, 0.2) is 9.72 Å². The summed E-state index contributed by atoms with van der Waals surface area (Å²) in [6.07, 6.45) is 1.13. The summed E-state index contributed by atoms with van der Waals surface area (Å²) in [5.41, 5.74) is 0.505. The number of aromatic nitrogens is 1. The van der Waals surface area contributed by atoms with E-state index in [0.29, 0.717) is 5.69 Å². The van der Waals surface area contributed by atoms with E-state index < -0.39 is 9.84 Å². The van der Waals surface area contributed by atoms with Gasteiger partial charge in [0.05, 0.1) is 5.69 Å². The van der Waals surface area contributed by atoms with Crippen LogP contribution in [0.1, 0.15) is 5.69 Å². The van der Waals surface area contributed by atoms with E-state index in [1.165, 1.54) is 0 Å². The van der Waals surface area contributed by atoms with E-state index in [-0.39, 0.29) is 4.34 Å². The van der Waals surface area contributed by atoms with Crippen LogP contribution >= 0.6 is 11.3 Å². The van der Waals surface area contributed by atoms with Crippen molar-refractivity contribution in [3.8, 4) is 0 Å². The second-order valence-corrected chi connectivity index (χ2v) is 4.92. The van der Waals surface area contributed by atoms with Gasteiger partial charge in [-0.2, -0.15) is 0 Å². The van der Waals surface area contributed by atoms with E-state index >= 15 is 0 Å². The molecule has 0 saturated carbocycles. The Balaban J connectivity index is 3.21. The van der Waals surface area contributed by atoms with E-state index in [0.717, 1.165) is 17.6 Å². The molecule has 3 nitrogen and oxygen atoms in total. The van der Waals surface area contributed by atoms with Gasteiger partial charge in [-0.15, -0.1) is 11.3 Å². The Morgan fingerprint density at radius 2 is 2.30 bits per heavy atom. The van der Waals surface area contributed by atoms with Crippen molar-refractivity contribution < 1.29 is 8.42 Å². The van der Waals surface area contributed by atoms with E-state index in [9.17, 15) is 8.42 Å². The van der Waals surface area contributed by atoms with Crippen molar-refractivity contribution in [2.24, 2.45) is 0 Å². The fraction of sp³-hybridized carbons (Fsp3) is 0.200. The Bertz CT molecular complexity index is 325. The van der Waals surface area contributed by atoms with Gasteiger partial charge in [0, 0.05) is 11.6 Å². The SMILES string of the molecule is [CH2]c1csc(S(C)(=O)=O)n1. The molecule has 0 aliphatic heterocycles. The van der Waals surface area contributed by atoms with Crippen molar-refractivity contribution in [3.63, 3.8) is 0 Å². The molecule has 0 fully saturated rings. The highest BCUT2D eigenvalue weighted by Gasteiger charge is 2.09. The third kappa shape index (κ3) is 1.54. The largest absolute Gasteiger partial charge is 0.230 e. The highest BCUT2D eigenvalue weighted by molar-refractivity contribution is 7.92. The van der Waals surface area contributed by atoms with Crippen LogP contribution in [0.4, 0.5) is 0 Å². The van der Waals surface area contributed by atoms with Gasteiger partial charge in [-0.05, 0) is 6.92 Å². The maximum Gasteiger partial charge on any atom is 0.209 e. The van der Waals surface area contributed by atoms with Crippen LogP contribution in [0.3, 0.4) is 0 Å². The molecule has 0 unspecified atom stereocenters. The van der Waals surface area contributed by atoms with Gasteiger partial charge >= 0.3 is 0 Å². The van der Waals surface area contributed by atoms with Gasteiger partial charge in [0.25, 0.3) is 0 Å². The summed E-state index contributed by atoms with van der Waals surface area (Å²) < 4.78 is 21.7. The van der Waals surface area contributed by atoms with Gasteiger partial charge < -0.3 is 0 Å². The second-order valence-electron chi connectivity index (χ2n) is 1.88. The zero-order valence-corrected chi connectivity index (χ0v) is 7.00. The van der Waals surface area contributed by atoms with Crippen molar-refractivity contribution in [1.82, 2.24) is 4.98 Å². The summed E-state index contributed by atoms with van der Waals surface area (Å²) in [5.74, 6) is 0. The van der Waals surface area contributed by atoms with Crippen molar-refractivity contribution >= 4 is 21.2 Å². The molecular formula is C5H6NO2S2. The molecule has 55 valence electrons. The molecule has 0 aliphatic rings. The third-order valence-corrected chi connectivity index (χ3v) is 3.45. The van der Waals surface area contributed by atoms with Crippen molar-refractivity contribution in [2.75, 3.05) is 6.26 Å². The highest BCUT2D eigenvalue weighted by atomic mass is 32.2. The lowest BCUT2D eigenvalue weighted by atomic mass is 10.6. The van der Waals surface area contributed by atoms with Crippen molar-refractivity contribution in [2.45, 2.75) is 4.34 Å². The fourth-order valence-corrected chi connectivity index (χ4v) is 2.04. The number of hydrogen-bond acceptors (Lipinski definition) is 4.